The van der Waals surface area contributed by atoms with E-state index in [1.165, 1.54) is 22.6 Å². The molecule has 0 fully saturated rings. The van der Waals surface area contributed by atoms with Crippen molar-refractivity contribution in [3.63, 3.8) is 0 Å². The zero-order valence-electron chi connectivity index (χ0n) is 9.50. The van der Waals surface area contributed by atoms with Crippen LogP contribution in [0.2, 0.25) is 0 Å². The average Bonchev–Trinajstić information content (AvgIpc) is 2.56. The molecule has 0 unspecified atom stereocenters. The highest BCUT2D eigenvalue weighted by atomic mass is 79.9. The number of aromatic nitrogens is 1. The number of hydrogen-bond acceptors (Lipinski definition) is 1. The van der Waals surface area contributed by atoms with Gasteiger partial charge < -0.3 is 10.3 Å². The molecule has 2 N–H and O–H groups in total. The van der Waals surface area contributed by atoms with Crippen LogP contribution in [-0.4, -0.2) is 4.57 Å². The Balaban J connectivity index is 2.55. The Hall–Kier alpha value is -1.06. The molecule has 0 aliphatic rings. The Labute approximate surface area is 104 Å². The molecule has 3 heteroatoms. The standard InChI is InChI=1S/C13H15BrN2/c1-9-7-11(8-15)10(2)16(9)13-5-3-12(14)4-6-13/h3-7H,8,15H2,1-2H3. The molecule has 0 atom stereocenters. The van der Waals surface area contributed by atoms with Crippen LogP contribution in [0.15, 0.2) is 34.8 Å². The third-order valence-corrected chi connectivity index (χ3v) is 3.37. The summed E-state index contributed by atoms with van der Waals surface area (Å²) in [7, 11) is 0. The van der Waals surface area contributed by atoms with Gasteiger partial charge >= 0.3 is 0 Å². The molecule has 0 aliphatic carbocycles. The molecular formula is C13H15BrN2. The number of nitrogens with zero attached hydrogens (tertiary/aromatic N) is 1. The molecular weight excluding hydrogens is 264 g/mol. The van der Waals surface area contributed by atoms with Crippen molar-refractivity contribution in [2.24, 2.45) is 5.73 Å². The summed E-state index contributed by atoms with van der Waals surface area (Å²) in [5, 5.41) is 0. The Morgan fingerprint density at radius 1 is 1.19 bits per heavy atom. The van der Waals surface area contributed by atoms with Crippen LogP contribution in [0.25, 0.3) is 5.69 Å². The molecule has 0 saturated heterocycles. The second-order valence-electron chi connectivity index (χ2n) is 3.91. The zero-order chi connectivity index (χ0) is 11.7. The van der Waals surface area contributed by atoms with Gasteiger partial charge in [-0.1, -0.05) is 15.9 Å². The lowest BCUT2D eigenvalue weighted by Gasteiger charge is -2.09. The number of rotatable bonds is 2. The van der Waals surface area contributed by atoms with Gasteiger partial charge in [-0.25, -0.2) is 0 Å². The van der Waals surface area contributed by atoms with Gasteiger partial charge in [0.15, 0.2) is 0 Å². The van der Waals surface area contributed by atoms with Crippen molar-refractivity contribution in [3.8, 4) is 5.69 Å². The molecule has 0 saturated carbocycles. The van der Waals surface area contributed by atoms with Gasteiger partial charge in [0.1, 0.15) is 0 Å². The summed E-state index contributed by atoms with van der Waals surface area (Å²) in [6.45, 7) is 4.81. The van der Waals surface area contributed by atoms with Crippen molar-refractivity contribution in [2.75, 3.05) is 0 Å². The maximum Gasteiger partial charge on any atom is 0.0455 e. The largest absolute Gasteiger partial charge is 0.326 e. The van der Waals surface area contributed by atoms with Crippen LogP contribution >= 0.6 is 15.9 Å². The Morgan fingerprint density at radius 3 is 2.31 bits per heavy atom. The van der Waals surface area contributed by atoms with Gasteiger partial charge in [0, 0.05) is 28.1 Å². The van der Waals surface area contributed by atoms with Crippen LogP contribution in [0.3, 0.4) is 0 Å². The van der Waals surface area contributed by atoms with Crippen molar-refractivity contribution in [3.05, 3.63) is 51.8 Å². The second-order valence-corrected chi connectivity index (χ2v) is 4.83. The number of nitrogens with two attached hydrogens (primary N) is 1. The average molecular weight is 279 g/mol. The SMILES string of the molecule is Cc1cc(CN)c(C)n1-c1ccc(Br)cc1. The van der Waals surface area contributed by atoms with Gasteiger partial charge in [-0.05, 0) is 49.7 Å². The normalized spacial score (nSPS) is 10.8. The molecule has 2 nitrogen and oxygen atoms in total. The first kappa shape index (κ1) is 11.4. The summed E-state index contributed by atoms with van der Waals surface area (Å²) >= 11 is 3.44. The quantitative estimate of drug-likeness (QED) is 0.898. The molecule has 0 aliphatic heterocycles. The molecule has 0 radical (unpaired) electrons. The Bertz CT molecular complexity index is 497. The first-order chi connectivity index (χ1) is 7.63. The molecule has 2 rings (SSSR count). The molecule has 1 aromatic carbocycles. The molecule has 84 valence electrons. The molecule has 1 heterocycles. The Kier molecular flexibility index (Phi) is 3.17. The smallest absolute Gasteiger partial charge is 0.0455 e. The predicted molar refractivity (Wildman–Crippen MR) is 70.8 cm³/mol. The van der Waals surface area contributed by atoms with Gasteiger partial charge in [0.05, 0.1) is 0 Å². The van der Waals surface area contributed by atoms with Crippen LogP contribution in [0, 0.1) is 13.8 Å². The monoisotopic (exact) mass is 278 g/mol. The second kappa shape index (κ2) is 4.44. The van der Waals surface area contributed by atoms with Gasteiger partial charge in [-0.2, -0.15) is 0 Å². The van der Waals surface area contributed by atoms with Crippen molar-refractivity contribution in [2.45, 2.75) is 20.4 Å². The number of hydrogen-bond donors (Lipinski definition) is 1. The van der Waals surface area contributed by atoms with E-state index in [0.29, 0.717) is 6.54 Å². The fourth-order valence-electron chi connectivity index (χ4n) is 2.02. The van der Waals surface area contributed by atoms with Gasteiger partial charge in [-0.3, -0.25) is 0 Å². The molecule has 0 bridgehead atoms. The van der Waals surface area contributed by atoms with E-state index < -0.39 is 0 Å². The zero-order valence-corrected chi connectivity index (χ0v) is 11.1. The fraction of sp³-hybridized carbons (Fsp3) is 0.231. The van der Waals surface area contributed by atoms with Crippen LogP contribution in [0.1, 0.15) is 17.0 Å². The van der Waals surface area contributed by atoms with Crippen molar-refractivity contribution < 1.29 is 0 Å². The summed E-state index contributed by atoms with van der Waals surface area (Å²) < 4.78 is 3.33. The summed E-state index contributed by atoms with van der Waals surface area (Å²) in [4.78, 5) is 0. The predicted octanol–water partition coefficient (Wildman–Crippen LogP) is 3.32. The number of benzene rings is 1. The van der Waals surface area contributed by atoms with Gasteiger partial charge in [-0.15, -0.1) is 0 Å². The Morgan fingerprint density at radius 2 is 1.81 bits per heavy atom. The minimum absolute atomic E-state index is 0.593. The van der Waals surface area contributed by atoms with E-state index in [1.54, 1.807) is 0 Å². The van der Waals surface area contributed by atoms with Crippen molar-refractivity contribution in [1.82, 2.24) is 4.57 Å². The highest BCUT2D eigenvalue weighted by molar-refractivity contribution is 9.10. The lowest BCUT2D eigenvalue weighted by molar-refractivity contribution is 0.943. The van der Waals surface area contributed by atoms with Gasteiger partial charge in [0.25, 0.3) is 0 Å². The minimum atomic E-state index is 0.593. The number of aryl methyl sites for hydroxylation is 1. The van der Waals surface area contributed by atoms with Crippen LogP contribution in [-0.2, 0) is 6.54 Å². The summed E-state index contributed by atoms with van der Waals surface area (Å²) in [6, 6.07) is 10.5. The molecule has 0 spiro atoms. The van der Waals surface area contributed by atoms with Crippen LogP contribution in [0.5, 0.6) is 0 Å². The molecule has 0 amide bonds. The van der Waals surface area contributed by atoms with E-state index in [4.69, 9.17) is 5.73 Å². The summed E-state index contributed by atoms with van der Waals surface area (Å²) in [6.07, 6.45) is 0. The molecule has 2 aromatic rings. The minimum Gasteiger partial charge on any atom is -0.326 e. The third-order valence-electron chi connectivity index (χ3n) is 2.84. The lowest BCUT2D eigenvalue weighted by atomic mass is 10.2. The van der Waals surface area contributed by atoms with Crippen LogP contribution in [0.4, 0.5) is 0 Å². The topological polar surface area (TPSA) is 30.9 Å². The maximum absolute atomic E-state index is 5.71. The van der Waals surface area contributed by atoms with E-state index in [1.807, 2.05) is 0 Å². The highest BCUT2D eigenvalue weighted by Gasteiger charge is 2.08. The highest BCUT2D eigenvalue weighted by Crippen LogP contribution is 2.21. The lowest BCUT2D eigenvalue weighted by Crippen LogP contribution is -2.01. The van der Waals surface area contributed by atoms with E-state index in [-0.39, 0.29) is 0 Å². The van der Waals surface area contributed by atoms with Crippen molar-refractivity contribution >= 4 is 15.9 Å². The van der Waals surface area contributed by atoms with Crippen LogP contribution < -0.4 is 5.73 Å². The molecule has 16 heavy (non-hydrogen) atoms. The third kappa shape index (κ3) is 1.93. The first-order valence-electron chi connectivity index (χ1n) is 5.27. The van der Waals surface area contributed by atoms with E-state index >= 15 is 0 Å². The fourth-order valence-corrected chi connectivity index (χ4v) is 2.29. The van der Waals surface area contributed by atoms with Crippen molar-refractivity contribution in [1.29, 1.82) is 0 Å². The van der Waals surface area contributed by atoms with E-state index in [9.17, 15) is 0 Å². The summed E-state index contributed by atoms with van der Waals surface area (Å²) in [5.41, 5.74) is 10.5. The van der Waals surface area contributed by atoms with Gasteiger partial charge in [0.2, 0.25) is 0 Å². The maximum atomic E-state index is 5.71. The van der Waals surface area contributed by atoms with E-state index in [2.05, 4.69) is 64.7 Å². The van der Waals surface area contributed by atoms with E-state index in [0.717, 1.165) is 4.47 Å². The summed E-state index contributed by atoms with van der Waals surface area (Å²) in [5.74, 6) is 0. The first-order valence-corrected chi connectivity index (χ1v) is 6.06. The number of halogens is 1. The molecule has 1 aromatic heterocycles.